The van der Waals surface area contributed by atoms with Crippen LogP contribution in [-0.2, 0) is 16.1 Å². The lowest BCUT2D eigenvalue weighted by Crippen LogP contribution is -2.00. The molecule has 0 aliphatic carbocycles. The number of carbonyl (C=O) groups excluding carboxylic acids is 1. The summed E-state index contributed by atoms with van der Waals surface area (Å²) in [4.78, 5) is 13.1. The maximum atomic E-state index is 12.9. The van der Waals surface area contributed by atoms with Gasteiger partial charge in [0.25, 0.3) is 0 Å². The second-order valence-corrected chi connectivity index (χ2v) is 7.21. The Hall–Kier alpha value is -3.51. The molecule has 144 valence electrons. The lowest BCUT2D eigenvalue weighted by molar-refractivity contribution is -0.138. The van der Waals surface area contributed by atoms with Crippen molar-refractivity contribution in [3.05, 3.63) is 101 Å². The quantitative estimate of drug-likeness (QED) is 0.315. The van der Waals surface area contributed by atoms with E-state index < -0.39 is 5.97 Å². The van der Waals surface area contributed by atoms with Crippen molar-refractivity contribution in [1.29, 1.82) is 0 Å². The molecule has 0 spiro atoms. The largest absolute Gasteiger partial charge is 0.458 e. The predicted molar refractivity (Wildman–Crippen MR) is 112 cm³/mol. The summed E-state index contributed by atoms with van der Waals surface area (Å²) in [5, 5.41) is 6.68. The summed E-state index contributed by atoms with van der Waals surface area (Å²) in [7, 11) is 0. The maximum absolute atomic E-state index is 12.9. The third-order valence-corrected chi connectivity index (χ3v) is 5.09. The number of halogens is 1. The third kappa shape index (κ3) is 4.67. The number of para-hydroxylation sites is 1. The predicted octanol–water partition coefficient (Wildman–Crippen LogP) is 5.50. The van der Waals surface area contributed by atoms with Crippen LogP contribution in [0.3, 0.4) is 0 Å². The lowest BCUT2D eigenvalue weighted by atomic mass is 10.2. The number of rotatable bonds is 6. The molecule has 0 amide bonds. The minimum atomic E-state index is -0.473. The van der Waals surface area contributed by atoms with E-state index in [0.29, 0.717) is 0 Å². The number of ether oxygens (including phenoxy) is 1. The summed E-state index contributed by atoms with van der Waals surface area (Å²) in [6.45, 7) is 0.0878. The van der Waals surface area contributed by atoms with Gasteiger partial charge in [0.2, 0.25) is 0 Å². The standard InChI is InChI=1S/C23H17FN2O2S/c24-19-11-8-17(9-12-19)16-28-22(27)13-10-18-15-26(20-5-2-1-3-6-20)25-23(18)21-7-4-14-29-21/h1-15H,16H2/b13-10+. The highest BCUT2D eigenvalue weighted by molar-refractivity contribution is 7.13. The Balaban J connectivity index is 1.53. The van der Waals surface area contributed by atoms with Crippen LogP contribution in [0.1, 0.15) is 11.1 Å². The van der Waals surface area contributed by atoms with Crippen molar-refractivity contribution < 1.29 is 13.9 Å². The summed E-state index contributed by atoms with van der Waals surface area (Å²) < 4.78 is 20.0. The number of thiophene rings is 1. The number of aromatic nitrogens is 2. The molecule has 0 N–H and O–H groups in total. The number of hydrogen-bond acceptors (Lipinski definition) is 4. The van der Waals surface area contributed by atoms with Crippen LogP contribution in [0, 0.1) is 5.82 Å². The van der Waals surface area contributed by atoms with Gasteiger partial charge in [-0.1, -0.05) is 36.4 Å². The first kappa shape index (κ1) is 18.8. The van der Waals surface area contributed by atoms with Gasteiger partial charge in [-0.2, -0.15) is 5.10 Å². The maximum Gasteiger partial charge on any atom is 0.331 e. The van der Waals surface area contributed by atoms with Gasteiger partial charge >= 0.3 is 5.97 Å². The lowest BCUT2D eigenvalue weighted by Gasteiger charge is -2.02. The SMILES string of the molecule is O=C(/C=C/c1cn(-c2ccccc2)nc1-c1cccs1)OCc1ccc(F)cc1. The van der Waals surface area contributed by atoms with Crippen LogP contribution >= 0.6 is 11.3 Å². The van der Waals surface area contributed by atoms with Gasteiger partial charge in [-0.3, -0.25) is 0 Å². The third-order valence-electron chi connectivity index (χ3n) is 4.21. The number of carbonyl (C=O) groups is 1. The molecule has 29 heavy (non-hydrogen) atoms. The molecular weight excluding hydrogens is 387 g/mol. The fourth-order valence-electron chi connectivity index (χ4n) is 2.77. The number of benzene rings is 2. The van der Waals surface area contributed by atoms with E-state index in [4.69, 9.17) is 9.84 Å². The number of nitrogens with zero attached hydrogens (tertiary/aromatic N) is 2. The van der Waals surface area contributed by atoms with Crippen LogP contribution in [0.2, 0.25) is 0 Å². The first-order valence-corrected chi connectivity index (χ1v) is 9.85. The molecule has 2 aromatic heterocycles. The monoisotopic (exact) mass is 404 g/mol. The van der Waals surface area contributed by atoms with Crippen molar-refractivity contribution in [1.82, 2.24) is 9.78 Å². The van der Waals surface area contributed by atoms with Gasteiger partial charge in [-0.25, -0.2) is 13.9 Å². The summed E-state index contributed by atoms with van der Waals surface area (Å²) in [5.74, 6) is -0.796. The molecule has 0 bridgehead atoms. The summed E-state index contributed by atoms with van der Waals surface area (Å²) in [5.41, 5.74) is 3.27. The van der Waals surface area contributed by atoms with Gasteiger partial charge in [-0.05, 0) is 47.4 Å². The molecule has 4 aromatic rings. The van der Waals surface area contributed by atoms with Crippen LogP contribution in [0.4, 0.5) is 4.39 Å². The Morgan fingerprint density at radius 2 is 1.86 bits per heavy atom. The van der Waals surface area contributed by atoms with E-state index in [2.05, 4.69) is 0 Å². The van der Waals surface area contributed by atoms with E-state index in [1.807, 2.05) is 54.0 Å². The van der Waals surface area contributed by atoms with Crippen molar-refractivity contribution in [2.24, 2.45) is 0 Å². The van der Waals surface area contributed by atoms with Crippen LogP contribution in [0.15, 0.2) is 84.4 Å². The molecule has 0 saturated carbocycles. The van der Waals surface area contributed by atoms with Gasteiger partial charge in [0, 0.05) is 17.8 Å². The van der Waals surface area contributed by atoms with E-state index in [0.717, 1.165) is 27.4 Å². The van der Waals surface area contributed by atoms with Gasteiger partial charge in [0.15, 0.2) is 0 Å². The highest BCUT2D eigenvalue weighted by Gasteiger charge is 2.12. The molecule has 4 rings (SSSR count). The van der Waals surface area contributed by atoms with E-state index in [1.165, 1.54) is 18.2 Å². The minimum Gasteiger partial charge on any atom is -0.458 e. The Morgan fingerprint density at radius 3 is 2.59 bits per heavy atom. The zero-order valence-electron chi connectivity index (χ0n) is 15.4. The topological polar surface area (TPSA) is 44.1 Å². The van der Waals surface area contributed by atoms with Gasteiger partial charge in [-0.15, -0.1) is 11.3 Å². The van der Waals surface area contributed by atoms with Crippen LogP contribution in [0.5, 0.6) is 0 Å². The summed E-state index contributed by atoms with van der Waals surface area (Å²) in [6.07, 6.45) is 4.97. The number of hydrogen-bond donors (Lipinski definition) is 0. The first-order valence-electron chi connectivity index (χ1n) is 8.97. The smallest absolute Gasteiger partial charge is 0.331 e. The second kappa shape index (κ2) is 8.67. The Morgan fingerprint density at radius 1 is 1.07 bits per heavy atom. The van der Waals surface area contributed by atoms with Crippen molar-refractivity contribution in [2.45, 2.75) is 6.61 Å². The molecule has 0 unspecified atom stereocenters. The fraction of sp³-hybridized carbons (Fsp3) is 0.0435. The molecule has 0 aliphatic rings. The molecule has 0 aliphatic heterocycles. The van der Waals surface area contributed by atoms with Crippen molar-refractivity contribution >= 4 is 23.4 Å². The molecule has 6 heteroatoms. The van der Waals surface area contributed by atoms with E-state index >= 15 is 0 Å². The van der Waals surface area contributed by atoms with Crippen molar-refractivity contribution in [3.63, 3.8) is 0 Å². The Bertz CT molecular complexity index is 1120. The molecule has 2 heterocycles. The fourth-order valence-corrected chi connectivity index (χ4v) is 3.50. The average molecular weight is 404 g/mol. The molecule has 4 nitrogen and oxygen atoms in total. The van der Waals surface area contributed by atoms with Crippen molar-refractivity contribution in [3.8, 4) is 16.3 Å². The highest BCUT2D eigenvalue weighted by Crippen LogP contribution is 2.28. The van der Waals surface area contributed by atoms with E-state index in [1.54, 1.807) is 34.2 Å². The van der Waals surface area contributed by atoms with Crippen LogP contribution < -0.4 is 0 Å². The van der Waals surface area contributed by atoms with E-state index in [-0.39, 0.29) is 12.4 Å². The van der Waals surface area contributed by atoms with Gasteiger partial charge in [0.1, 0.15) is 18.1 Å². The normalized spacial score (nSPS) is 11.1. The van der Waals surface area contributed by atoms with Crippen molar-refractivity contribution in [2.75, 3.05) is 0 Å². The zero-order chi connectivity index (χ0) is 20.1. The molecular formula is C23H17FN2O2S. The molecule has 0 radical (unpaired) electrons. The second-order valence-electron chi connectivity index (χ2n) is 6.26. The summed E-state index contributed by atoms with van der Waals surface area (Å²) >= 11 is 1.59. The minimum absolute atomic E-state index is 0.0878. The highest BCUT2D eigenvalue weighted by atomic mass is 32.1. The Kier molecular flexibility index (Phi) is 5.63. The van der Waals surface area contributed by atoms with Crippen LogP contribution in [0.25, 0.3) is 22.3 Å². The van der Waals surface area contributed by atoms with Crippen LogP contribution in [-0.4, -0.2) is 15.7 Å². The number of esters is 1. The molecule has 2 aromatic carbocycles. The zero-order valence-corrected chi connectivity index (χ0v) is 16.2. The van der Waals surface area contributed by atoms with Gasteiger partial charge < -0.3 is 4.74 Å². The molecule has 0 saturated heterocycles. The molecule has 0 atom stereocenters. The summed E-state index contributed by atoms with van der Waals surface area (Å²) in [6, 6.07) is 19.6. The van der Waals surface area contributed by atoms with Gasteiger partial charge in [0.05, 0.1) is 10.6 Å². The molecule has 0 fully saturated rings. The first-order chi connectivity index (χ1) is 14.2. The Labute approximate surface area is 171 Å². The average Bonchev–Trinajstić information content (AvgIpc) is 3.42. The van der Waals surface area contributed by atoms with E-state index in [9.17, 15) is 9.18 Å².